The van der Waals surface area contributed by atoms with E-state index in [0.717, 1.165) is 18.7 Å². The molecule has 2 heteroatoms. The highest BCUT2D eigenvalue weighted by Gasteiger charge is 2.29. The van der Waals surface area contributed by atoms with Crippen molar-refractivity contribution in [3.8, 4) is 5.75 Å². The number of rotatable bonds is 1. The molecular formula is C14H17NO. The molecule has 0 spiro atoms. The van der Waals surface area contributed by atoms with Gasteiger partial charge < -0.3 is 9.64 Å². The Morgan fingerprint density at radius 3 is 3.06 bits per heavy atom. The van der Waals surface area contributed by atoms with Gasteiger partial charge in [0.2, 0.25) is 0 Å². The van der Waals surface area contributed by atoms with Crippen molar-refractivity contribution in [3.05, 3.63) is 34.9 Å². The average molecular weight is 215 g/mol. The molecule has 2 aliphatic rings. The Morgan fingerprint density at radius 1 is 1.38 bits per heavy atom. The quantitative estimate of drug-likeness (QED) is 0.712. The fourth-order valence-electron chi connectivity index (χ4n) is 2.93. The van der Waals surface area contributed by atoms with E-state index >= 15 is 0 Å². The Balaban J connectivity index is 2.05. The van der Waals surface area contributed by atoms with E-state index in [1.807, 2.05) is 0 Å². The maximum Gasteiger partial charge on any atom is 0.122 e. The maximum atomic E-state index is 5.45. The molecule has 1 fully saturated rings. The van der Waals surface area contributed by atoms with E-state index in [4.69, 9.17) is 4.74 Å². The first kappa shape index (κ1) is 9.91. The van der Waals surface area contributed by atoms with E-state index < -0.39 is 0 Å². The van der Waals surface area contributed by atoms with Gasteiger partial charge in [0.1, 0.15) is 5.75 Å². The molecule has 16 heavy (non-hydrogen) atoms. The molecule has 0 N–H and O–H groups in total. The third kappa shape index (κ3) is 1.45. The van der Waals surface area contributed by atoms with Crippen molar-refractivity contribution in [2.75, 3.05) is 27.2 Å². The van der Waals surface area contributed by atoms with Crippen LogP contribution in [0.2, 0.25) is 0 Å². The predicted molar refractivity (Wildman–Crippen MR) is 65.7 cm³/mol. The van der Waals surface area contributed by atoms with Gasteiger partial charge in [-0.15, -0.1) is 0 Å². The van der Waals surface area contributed by atoms with Crippen LogP contribution in [0.15, 0.2) is 23.8 Å². The second kappa shape index (κ2) is 3.63. The predicted octanol–water partition coefficient (Wildman–Crippen LogP) is 2.20. The molecule has 1 unspecified atom stereocenters. The van der Waals surface area contributed by atoms with Gasteiger partial charge in [-0.1, -0.05) is 23.8 Å². The number of likely N-dealkylation sites (N-methyl/N-ethyl adjacent to an activating group) is 1. The molecule has 2 nitrogen and oxygen atoms in total. The number of benzene rings is 1. The third-order valence-electron chi connectivity index (χ3n) is 3.69. The number of ether oxygens (including phenoxy) is 1. The molecule has 84 valence electrons. The second-order valence-corrected chi connectivity index (χ2v) is 4.85. The zero-order valence-electron chi connectivity index (χ0n) is 9.86. The van der Waals surface area contributed by atoms with Crippen molar-refractivity contribution in [2.24, 2.45) is 5.92 Å². The summed E-state index contributed by atoms with van der Waals surface area (Å²) >= 11 is 0. The number of fused-ring (bicyclic) bond motifs is 2. The van der Waals surface area contributed by atoms with E-state index in [1.165, 1.54) is 17.7 Å². The summed E-state index contributed by atoms with van der Waals surface area (Å²) in [6.07, 6.45) is 3.49. The Labute approximate surface area is 96.5 Å². The van der Waals surface area contributed by atoms with Gasteiger partial charge >= 0.3 is 0 Å². The van der Waals surface area contributed by atoms with Crippen molar-refractivity contribution >= 4 is 6.08 Å². The number of likely N-dealkylation sites (tertiary alicyclic amines) is 1. The first-order chi connectivity index (χ1) is 7.78. The van der Waals surface area contributed by atoms with E-state index in [0.29, 0.717) is 5.92 Å². The van der Waals surface area contributed by atoms with Gasteiger partial charge in [-0.25, -0.2) is 0 Å². The van der Waals surface area contributed by atoms with Crippen molar-refractivity contribution < 1.29 is 4.74 Å². The summed E-state index contributed by atoms with van der Waals surface area (Å²) in [4.78, 5) is 2.40. The van der Waals surface area contributed by atoms with Gasteiger partial charge in [0, 0.05) is 18.7 Å². The minimum atomic E-state index is 0.703. The van der Waals surface area contributed by atoms with Crippen LogP contribution in [0.5, 0.6) is 5.75 Å². The molecule has 1 atom stereocenters. The van der Waals surface area contributed by atoms with E-state index in [-0.39, 0.29) is 0 Å². The molecule has 1 heterocycles. The minimum Gasteiger partial charge on any atom is -0.496 e. The second-order valence-electron chi connectivity index (χ2n) is 4.85. The topological polar surface area (TPSA) is 12.5 Å². The van der Waals surface area contributed by atoms with Crippen LogP contribution in [0, 0.1) is 5.92 Å². The first-order valence-electron chi connectivity index (χ1n) is 5.83. The summed E-state index contributed by atoms with van der Waals surface area (Å²) in [6, 6.07) is 6.34. The standard InChI is InChI=1S/C14H17NO/c1-15-8-11-6-10-4-3-5-14(16-2)13(10)7-12(11)9-15/h3-6,12H,7-9H2,1-2H3. The monoisotopic (exact) mass is 215 g/mol. The summed E-state index contributed by atoms with van der Waals surface area (Å²) in [5.41, 5.74) is 4.32. The van der Waals surface area contributed by atoms with Crippen LogP contribution in [0.25, 0.3) is 6.08 Å². The van der Waals surface area contributed by atoms with Gasteiger partial charge in [0.15, 0.2) is 0 Å². The lowest BCUT2D eigenvalue weighted by atomic mass is 9.85. The SMILES string of the molecule is COc1cccc2c1CC1CN(C)CC1=C2. The Morgan fingerprint density at radius 2 is 2.25 bits per heavy atom. The van der Waals surface area contributed by atoms with Gasteiger partial charge in [0.25, 0.3) is 0 Å². The molecule has 0 bridgehead atoms. The fraction of sp³-hybridized carbons (Fsp3) is 0.429. The summed E-state index contributed by atoms with van der Waals surface area (Å²) in [5, 5.41) is 0. The largest absolute Gasteiger partial charge is 0.496 e. The Kier molecular flexibility index (Phi) is 2.25. The van der Waals surface area contributed by atoms with Crippen LogP contribution in [0.1, 0.15) is 11.1 Å². The van der Waals surface area contributed by atoms with Crippen molar-refractivity contribution in [2.45, 2.75) is 6.42 Å². The lowest BCUT2D eigenvalue weighted by molar-refractivity contribution is 0.386. The minimum absolute atomic E-state index is 0.703. The lowest BCUT2D eigenvalue weighted by Gasteiger charge is -2.21. The first-order valence-corrected chi connectivity index (χ1v) is 5.83. The van der Waals surface area contributed by atoms with Crippen molar-refractivity contribution in [3.63, 3.8) is 0 Å². The molecule has 0 saturated carbocycles. The molecular weight excluding hydrogens is 198 g/mol. The van der Waals surface area contributed by atoms with Crippen LogP contribution in [-0.2, 0) is 6.42 Å². The van der Waals surface area contributed by atoms with Crippen molar-refractivity contribution in [1.82, 2.24) is 4.90 Å². The maximum absolute atomic E-state index is 5.45. The van der Waals surface area contributed by atoms with Crippen LogP contribution >= 0.6 is 0 Å². The van der Waals surface area contributed by atoms with Gasteiger partial charge in [-0.2, -0.15) is 0 Å². The fourth-order valence-corrected chi connectivity index (χ4v) is 2.93. The van der Waals surface area contributed by atoms with Gasteiger partial charge in [-0.05, 0) is 31.0 Å². The molecule has 0 aromatic heterocycles. The number of methoxy groups -OCH3 is 1. The lowest BCUT2D eigenvalue weighted by Crippen LogP contribution is -2.16. The van der Waals surface area contributed by atoms with Crippen LogP contribution in [0.3, 0.4) is 0 Å². The molecule has 1 saturated heterocycles. The molecule has 0 amide bonds. The highest BCUT2D eigenvalue weighted by atomic mass is 16.5. The third-order valence-corrected chi connectivity index (χ3v) is 3.69. The summed E-state index contributed by atoms with van der Waals surface area (Å²) in [7, 11) is 3.96. The molecule has 1 aromatic carbocycles. The Hall–Kier alpha value is -1.28. The van der Waals surface area contributed by atoms with Gasteiger partial charge in [-0.3, -0.25) is 0 Å². The summed E-state index contributed by atoms with van der Waals surface area (Å²) < 4.78 is 5.45. The van der Waals surface area contributed by atoms with Crippen molar-refractivity contribution in [1.29, 1.82) is 0 Å². The zero-order valence-corrected chi connectivity index (χ0v) is 9.86. The number of hydrogen-bond donors (Lipinski definition) is 0. The number of nitrogens with zero attached hydrogens (tertiary/aromatic N) is 1. The molecule has 1 aliphatic heterocycles. The smallest absolute Gasteiger partial charge is 0.122 e. The molecule has 1 aliphatic carbocycles. The number of hydrogen-bond acceptors (Lipinski definition) is 2. The Bertz CT molecular complexity index is 450. The van der Waals surface area contributed by atoms with E-state index in [2.05, 4.69) is 36.2 Å². The molecule has 0 radical (unpaired) electrons. The van der Waals surface area contributed by atoms with Crippen LogP contribution < -0.4 is 4.74 Å². The highest BCUT2D eigenvalue weighted by Crippen LogP contribution is 2.37. The average Bonchev–Trinajstić information content (AvgIpc) is 2.64. The highest BCUT2D eigenvalue weighted by molar-refractivity contribution is 5.64. The molecule has 3 rings (SSSR count). The molecule has 1 aromatic rings. The van der Waals surface area contributed by atoms with E-state index in [1.54, 1.807) is 12.7 Å². The van der Waals surface area contributed by atoms with Gasteiger partial charge in [0.05, 0.1) is 7.11 Å². The normalized spacial score (nSPS) is 23.6. The van der Waals surface area contributed by atoms with Crippen LogP contribution in [0.4, 0.5) is 0 Å². The zero-order chi connectivity index (χ0) is 11.1. The van der Waals surface area contributed by atoms with E-state index in [9.17, 15) is 0 Å². The summed E-state index contributed by atoms with van der Waals surface area (Å²) in [6.45, 7) is 2.31. The van der Waals surface area contributed by atoms with Crippen LogP contribution in [-0.4, -0.2) is 32.1 Å². The summed E-state index contributed by atoms with van der Waals surface area (Å²) in [5.74, 6) is 1.75.